The Kier molecular flexibility index (Phi) is 5.65. The van der Waals surface area contributed by atoms with Crippen molar-refractivity contribution >= 4 is 13.4 Å². The van der Waals surface area contributed by atoms with Gasteiger partial charge >= 0.3 is 7.60 Å². The van der Waals surface area contributed by atoms with Gasteiger partial charge in [0.1, 0.15) is 0 Å². The number of ether oxygens (including phenoxy) is 1. The highest BCUT2D eigenvalue weighted by Gasteiger charge is 2.55. The van der Waals surface area contributed by atoms with Gasteiger partial charge in [-0.05, 0) is 5.56 Å². The van der Waals surface area contributed by atoms with E-state index < -0.39 is 24.8 Å². The molecule has 0 aliphatic carbocycles. The first-order valence-corrected chi connectivity index (χ1v) is 9.69. The van der Waals surface area contributed by atoms with Crippen molar-refractivity contribution in [3.8, 4) is 0 Å². The number of carbonyl (C=O) groups excluding carboxylic acids is 1. The third-order valence-electron chi connectivity index (χ3n) is 4.40. The van der Waals surface area contributed by atoms with Crippen LogP contribution in [-0.4, -0.2) is 28.8 Å². The standard InChI is InChI=1S/C19H23O5P/c1-18(2,14-25(21,22)23)19(24-3,16-12-8-5-9-13-16)17(20)15-10-6-4-7-11-15/h4-13H,14H2,1-3H3,(H2,21,22,23). The average Bonchev–Trinajstić information content (AvgIpc) is 2.55. The smallest absolute Gasteiger partial charge is 0.326 e. The number of carbonyl (C=O) groups is 1. The molecular weight excluding hydrogens is 339 g/mol. The summed E-state index contributed by atoms with van der Waals surface area (Å²) >= 11 is 0. The van der Waals surface area contributed by atoms with Crippen LogP contribution in [0.1, 0.15) is 29.8 Å². The molecule has 0 aromatic heterocycles. The number of hydrogen-bond donors (Lipinski definition) is 2. The van der Waals surface area contributed by atoms with Crippen molar-refractivity contribution < 1.29 is 23.9 Å². The van der Waals surface area contributed by atoms with Crippen molar-refractivity contribution in [3.05, 3.63) is 71.8 Å². The van der Waals surface area contributed by atoms with E-state index >= 15 is 0 Å². The van der Waals surface area contributed by atoms with Crippen molar-refractivity contribution in [2.24, 2.45) is 5.41 Å². The van der Waals surface area contributed by atoms with E-state index in [2.05, 4.69) is 0 Å². The molecule has 0 saturated carbocycles. The van der Waals surface area contributed by atoms with Crippen LogP contribution in [0.2, 0.25) is 0 Å². The summed E-state index contributed by atoms with van der Waals surface area (Å²) in [5, 5.41) is 0. The van der Waals surface area contributed by atoms with Crippen molar-refractivity contribution in [2.75, 3.05) is 13.3 Å². The SMILES string of the molecule is COC(C(=O)c1ccccc1)(c1ccccc1)C(C)(C)CP(=O)(O)O. The third kappa shape index (κ3) is 3.91. The lowest BCUT2D eigenvalue weighted by molar-refractivity contribution is -0.0678. The summed E-state index contributed by atoms with van der Waals surface area (Å²) < 4.78 is 17.5. The van der Waals surface area contributed by atoms with Gasteiger partial charge in [-0.3, -0.25) is 9.36 Å². The van der Waals surface area contributed by atoms with Crippen LogP contribution in [0, 0.1) is 5.41 Å². The average molecular weight is 362 g/mol. The fourth-order valence-corrected chi connectivity index (χ4v) is 4.66. The second-order valence-electron chi connectivity index (χ2n) is 6.65. The number of hydrogen-bond acceptors (Lipinski definition) is 3. The van der Waals surface area contributed by atoms with Crippen LogP contribution in [0.3, 0.4) is 0 Å². The van der Waals surface area contributed by atoms with Gasteiger partial charge in [0.2, 0.25) is 0 Å². The van der Waals surface area contributed by atoms with Gasteiger partial charge in [0.25, 0.3) is 0 Å². The van der Waals surface area contributed by atoms with Crippen LogP contribution in [0.4, 0.5) is 0 Å². The van der Waals surface area contributed by atoms with Crippen LogP contribution < -0.4 is 0 Å². The zero-order chi connectivity index (χ0) is 18.7. The third-order valence-corrected chi connectivity index (χ3v) is 5.60. The summed E-state index contributed by atoms with van der Waals surface area (Å²) in [6.45, 7) is 3.28. The molecule has 0 heterocycles. The van der Waals surface area contributed by atoms with Gasteiger partial charge in [-0.1, -0.05) is 74.5 Å². The van der Waals surface area contributed by atoms with Crippen LogP contribution in [0.15, 0.2) is 60.7 Å². The minimum absolute atomic E-state index is 0.333. The number of rotatable bonds is 7. The molecule has 6 heteroatoms. The predicted octanol–water partition coefficient (Wildman–Crippen LogP) is 3.62. The first-order chi connectivity index (χ1) is 11.6. The van der Waals surface area contributed by atoms with Crippen molar-refractivity contribution in [1.82, 2.24) is 0 Å². The van der Waals surface area contributed by atoms with E-state index in [1.165, 1.54) is 7.11 Å². The van der Waals surface area contributed by atoms with E-state index in [4.69, 9.17) is 4.74 Å². The first kappa shape index (κ1) is 19.5. The van der Waals surface area contributed by atoms with Crippen molar-refractivity contribution in [3.63, 3.8) is 0 Å². The molecule has 0 bridgehead atoms. The Balaban J connectivity index is 2.71. The van der Waals surface area contributed by atoms with Crippen LogP contribution >= 0.6 is 7.60 Å². The van der Waals surface area contributed by atoms with Gasteiger partial charge in [0, 0.05) is 18.1 Å². The molecule has 0 aliphatic rings. The maximum Gasteiger partial charge on any atom is 0.326 e. The van der Waals surface area contributed by atoms with Gasteiger partial charge in [0.05, 0.1) is 6.16 Å². The lowest BCUT2D eigenvalue weighted by atomic mass is 9.68. The van der Waals surface area contributed by atoms with E-state index in [0.29, 0.717) is 11.1 Å². The fraction of sp³-hybridized carbons (Fsp3) is 0.316. The first-order valence-electron chi connectivity index (χ1n) is 7.89. The highest BCUT2D eigenvalue weighted by Crippen LogP contribution is 2.52. The Bertz CT molecular complexity index is 767. The van der Waals surface area contributed by atoms with Crippen LogP contribution in [0.25, 0.3) is 0 Å². The summed E-state index contributed by atoms with van der Waals surface area (Å²) in [7, 11) is -2.98. The minimum atomic E-state index is -4.38. The highest BCUT2D eigenvalue weighted by atomic mass is 31.2. The Morgan fingerprint density at radius 1 is 1.00 bits per heavy atom. The monoisotopic (exact) mass is 362 g/mol. The molecule has 0 spiro atoms. The number of benzene rings is 2. The zero-order valence-electron chi connectivity index (χ0n) is 14.5. The molecule has 0 saturated heterocycles. The van der Waals surface area contributed by atoms with E-state index in [-0.39, 0.29) is 5.78 Å². The zero-order valence-corrected chi connectivity index (χ0v) is 15.4. The maximum atomic E-state index is 13.5. The molecule has 2 rings (SSSR count). The molecule has 0 aliphatic heterocycles. The molecule has 134 valence electrons. The summed E-state index contributed by atoms with van der Waals surface area (Å²) in [5.74, 6) is -0.333. The van der Waals surface area contributed by atoms with Crippen molar-refractivity contribution in [2.45, 2.75) is 19.4 Å². The molecule has 2 N–H and O–H groups in total. The topological polar surface area (TPSA) is 83.8 Å². The Morgan fingerprint density at radius 2 is 1.48 bits per heavy atom. The normalized spacial score (nSPS) is 14.8. The van der Waals surface area contributed by atoms with Gasteiger partial charge in [-0.15, -0.1) is 0 Å². The summed E-state index contributed by atoms with van der Waals surface area (Å²) in [6, 6.07) is 17.5. The van der Waals surface area contributed by atoms with E-state index in [1.54, 1.807) is 68.4 Å². The van der Waals surface area contributed by atoms with Gasteiger partial charge < -0.3 is 14.5 Å². The van der Waals surface area contributed by atoms with Gasteiger partial charge in [-0.25, -0.2) is 0 Å². The van der Waals surface area contributed by atoms with Crippen molar-refractivity contribution in [1.29, 1.82) is 0 Å². The maximum absolute atomic E-state index is 13.5. The lowest BCUT2D eigenvalue weighted by Crippen LogP contribution is -2.52. The van der Waals surface area contributed by atoms with Crippen LogP contribution in [-0.2, 0) is 14.9 Å². The summed E-state index contributed by atoms with van der Waals surface area (Å²) in [6.07, 6.45) is -0.485. The molecule has 25 heavy (non-hydrogen) atoms. The number of methoxy groups -OCH3 is 1. The highest BCUT2D eigenvalue weighted by molar-refractivity contribution is 7.51. The van der Waals surface area contributed by atoms with E-state index in [0.717, 1.165) is 0 Å². The largest absolute Gasteiger partial charge is 0.365 e. The molecule has 1 unspecified atom stereocenters. The van der Waals surface area contributed by atoms with E-state index in [9.17, 15) is 19.1 Å². The second-order valence-corrected chi connectivity index (χ2v) is 8.30. The molecule has 0 radical (unpaired) electrons. The molecule has 2 aromatic rings. The molecule has 0 fully saturated rings. The molecule has 5 nitrogen and oxygen atoms in total. The van der Waals surface area contributed by atoms with Crippen LogP contribution in [0.5, 0.6) is 0 Å². The number of Topliss-reactive ketones (excluding diaryl/α,β-unsaturated/α-hetero) is 1. The molecule has 1 atom stereocenters. The predicted molar refractivity (Wildman–Crippen MR) is 96.6 cm³/mol. The minimum Gasteiger partial charge on any atom is -0.365 e. The summed E-state index contributed by atoms with van der Waals surface area (Å²) in [4.78, 5) is 32.6. The Morgan fingerprint density at radius 3 is 1.92 bits per heavy atom. The lowest BCUT2D eigenvalue weighted by Gasteiger charge is -2.44. The van der Waals surface area contributed by atoms with E-state index in [1.807, 2.05) is 6.07 Å². The second kappa shape index (κ2) is 7.22. The van der Waals surface area contributed by atoms with Gasteiger partial charge in [-0.2, -0.15) is 0 Å². The molecular formula is C19H23O5P. The molecule has 2 aromatic carbocycles. The fourth-order valence-electron chi connectivity index (χ4n) is 3.41. The number of ketones is 1. The molecule has 0 amide bonds. The quantitative estimate of drug-likeness (QED) is 0.581. The summed E-state index contributed by atoms with van der Waals surface area (Å²) in [5.41, 5.74) is -1.71. The Labute approximate surface area is 147 Å². The Hall–Kier alpha value is -1.78. The van der Waals surface area contributed by atoms with Gasteiger partial charge in [0.15, 0.2) is 11.4 Å².